The molecule has 0 radical (unpaired) electrons. The number of hydrogen-bond donors (Lipinski definition) is 1. The molecular formula is C18H28N2. The van der Waals surface area contributed by atoms with E-state index in [-0.39, 0.29) is 11.0 Å². The normalized spacial score (nSPS) is 12.2. The van der Waals surface area contributed by atoms with E-state index in [1.165, 1.54) is 5.56 Å². The van der Waals surface area contributed by atoms with Crippen molar-refractivity contribution in [2.24, 2.45) is 5.41 Å². The van der Waals surface area contributed by atoms with Crippen LogP contribution in [0, 0.1) is 16.7 Å². The minimum absolute atomic E-state index is 0.145. The van der Waals surface area contributed by atoms with Gasteiger partial charge in [-0.25, -0.2) is 0 Å². The van der Waals surface area contributed by atoms with E-state index in [0.29, 0.717) is 0 Å². The number of nitriles is 1. The van der Waals surface area contributed by atoms with Gasteiger partial charge in [-0.05, 0) is 65.5 Å². The molecule has 1 rings (SSSR count). The second-order valence-electron chi connectivity index (χ2n) is 6.90. The first-order valence-electron chi connectivity index (χ1n) is 7.55. The summed E-state index contributed by atoms with van der Waals surface area (Å²) in [6.45, 7) is 9.50. The molecule has 1 N–H and O–H groups in total. The number of benzene rings is 1. The van der Waals surface area contributed by atoms with E-state index < -0.39 is 0 Å². The molecule has 0 heterocycles. The van der Waals surface area contributed by atoms with Crippen LogP contribution in [0.3, 0.4) is 0 Å². The molecule has 110 valence electrons. The first-order chi connectivity index (χ1) is 9.35. The first-order valence-corrected chi connectivity index (χ1v) is 7.55. The highest BCUT2D eigenvalue weighted by molar-refractivity contribution is 5.15. The molecule has 1 aromatic carbocycles. The van der Waals surface area contributed by atoms with Gasteiger partial charge >= 0.3 is 0 Å². The van der Waals surface area contributed by atoms with Crippen molar-refractivity contribution in [1.29, 1.82) is 5.26 Å². The van der Waals surface area contributed by atoms with Gasteiger partial charge < -0.3 is 5.32 Å². The SMILES string of the molecule is CC(C)(C#N)CCCNC(C)(C)CCc1ccccc1. The number of nitrogens with one attached hydrogen (secondary N) is 1. The fraction of sp³-hybridized carbons (Fsp3) is 0.611. The average Bonchev–Trinajstić information content (AvgIpc) is 2.43. The third-order valence-electron chi connectivity index (χ3n) is 3.77. The summed E-state index contributed by atoms with van der Waals surface area (Å²) < 4.78 is 0. The quantitative estimate of drug-likeness (QED) is 0.715. The second-order valence-corrected chi connectivity index (χ2v) is 6.90. The van der Waals surface area contributed by atoms with Crippen molar-refractivity contribution in [3.63, 3.8) is 0 Å². The van der Waals surface area contributed by atoms with Gasteiger partial charge in [0, 0.05) is 5.54 Å². The summed E-state index contributed by atoms with van der Waals surface area (Å²) >= 11 is 0. The van der Waals surface area contributed by atoms with Crippen LogP contribution in [0.2, 0.25) is 0 Å². The second kappa shape index (κ2) is 7.45. The molecule has 2 heteroatoms. The van der Waals surface area contributed by atoms with Gasteiger partial charge in [0.1, 0.15) is 0 Å². The summed E-state index contributed by atoms with van der Waals surface area (Å²) in [6.07, 6.45) is 4.23. The molecule has 0 saturated carbocycles. The molecule has 0 unspecified atom stereocenters. The molecule has 0 aliphatic carbocycles. The predicted octanol–water partition coefficient (Wildman–Crippen LogP) is 4.32. The van der Waals surface area contributed by atoms with Gasteiger partial charge in [0.05, 0.1) is 11.5 Å². The van der Waals surface area contributed by atoms with Crippen LogP contribution in [0.5, 0.6) is 0 Å². The van der Waals surface area contributed by atoms with E-state index in [0.717, 1.165) is 32.2 Å². The van der Waals surface area contributed by atoms with Crippen molar-refractivity contribution < 1.29 is 0 Å². The third kappa shape index (κ3) is 6.73. The van der Waals surface area contributed by atoms with Crippen molar-refractivity contribution in [3.8, 4) is 6.07 Å². The van der Waals surface area contributed by atoms with Crippen molar-refractivity contribution >= 4 is 0 Å². The van der Waals surface area contributed by atoms with Gasteiger partial charge in [-0.15, -0.1) is 0 Å². The Hall–Kier alpha value is -1.33. The molecule has 2 nitrogen and oxygen atoms in total. The Balaban J connectivity index is 2.26. The number of hydrogen-bond acceptors (Lipinski definition) is 2. The molecule has 0 bridgehead atoms. The van der Waals surface area contributed by atoms with E-state index in [1.807, 2.05) is 13.8 Å². The van der Waals surface area contributed by atoms with E-state index in [2.05, 4.69) is 55.6 Å². The third-order valence-corrected chi connectivity index (χ3v) is 3.77. The van der Waals surface area contributed by atoms with Crippen LogP contribution in [-0.4, -0.2) is 12.1 Å². The van der Waals surface area contributed by atoms with Crippen LogP contribution in [0.25, 0.3) is 0 Å². The van der Waals surface area contributed by atoms with E-state index in [4.69, 9.17) is 5.26 Å². The average molecular weight is 272 g/mol. The van der Waals surface area contributed by atoms with E-state index in [1.54, 1.807) is 0 Å². The van der Waals surface area contributed by atoms with Gasteiger partial charge in [-0.2, -0.15) is 5.26 Å². The zero-order valence-electron chi connectivity index (χ0n) is 13.4. The largest absolute Gasteiger partial charge is 0.312 e. The topological polar surface area (TPSA) is 35.8 Å². The van der Waals surface area contributed by atoms with Crippen LogP contribution < -0.4 is 5.32 Å². The lowest BCUT2D eigenvalue weighted by atomic mass is 9.89. The summed E-state index contributed by atoms with van der Waals surface area (Å²) in [5, 5.41) is 12.6. The van der Waals surface area contributed by atoms with Crippen LogP contribution >= 0.6 is 0 Å². The van der Waals surface area contributed by atoms with Gasteiger partial charge in [0.15, 0.2) is 0 Å². The fourth-order valence-corrected chi connectivity index (χ4v) is 2.20. The number of aryl methyl sites for hydroxylation is 1. The van der Waals surface area contributed by atoms with Crippen LogP contribution in [0.4, 0.5) is 0 Å². The summed E-state index contributed by atoms with van der Waals surface area (Å²) in [5.41, 5.74) is 1.34. The molecule has 20 heavy (non-hydrogen) atoms. The molecular weight excluding hydrogens is 244 g/mol. The molecule has 0 aliphatic rings. The van der Waals surface area contributed by atoms with E-state index in [9.17, 15) is 0 Å². The lowest BCUT2D eigenvalue weighted by Crippen LogP contribution is -2.40. The number of rotatable bonds is 8. The standard InChI is InChI=1S/C18H28N2/c1-17(2,15-19)12-8-14-20-18(3,4)13-11-16-9-6-5-7-10-16/h5-7,9-10,20H,8,11-14H2,1-4H3. The van der Waals surface area contributed by atoms with Gasteiger partial charge in [-0.1, -0.05) is 30.3 Å². The lowest BCUT2D eigenvalue weighted by molar-refractivity contribution is 0.342. The first kappa shape index (κ1) is 16.7. The molecule has 0 fully saturated rings. The molecule has 0 spiro atoms. The summed E-state index contributed by atoms with van der Waals surface area (Å²) in [5.74, 6) is 0. The Morgan fingerprint density at radius 1 is 1.05 bits per heavy atom. The summed E-state index contributed by atoms with van der Waals surface area (Å²) in [4.78, 5) is 0. The maximum Gasteiger partial charge on any atom is 0.0683 e. The maximum absolute atomic E-state index is 8.99. The van der Waals surface area contributed by atoms with Crippen LogP contribution in [-0.2, 0) is 6.42 Å². The fourth-order valence-electron chi connectivity index (χ4n) is 2.20. The monoisotopic (exact) mass is 272 g/mol. The van der Waals surface area contributed by atoms with Gasteiger partial charge in [0.2, 0.25) is 0 Å². The zero-order valence-corrected chi connectivity index (χ0v) is 13.4. The van der Waals surface area contributed by atoms with Crippen LogP contribution in [0.1, 0.15) is 52.5 Å². The highest BCUT2D eigenvalue weighted by atomic mass is 14.9. The minimum Gasteiger partial charge on any atom is -0.312 e. The Labute approximate surface area is 124 Å². The molecule has 0 aromatic heterocycles. The molecule has 0 saturated heterocycles. The molecule has 0 aliphatic heterocycles. The maximum atomic E-state index is 8.99. The predicted molar refractivity (Wildman–Crippen MR) is 85.5 cm³/mol. The highest BCUT2D eigenvalue weighted by Gasteiger charge is 2.19. The zero-order chi connectivity index (χ0) is 15.1. The van der Waals surface area contributed by atoms with Crippen molar-refractivity contribution in [3.05, 3.63) is 35.9 Å². The molecule has 0 amide bonds. The molecule has 0 atom stereocenters. The Bertz CT molecular complexity index is 426. The van der Waals surface area contributed by atoms with Crippen molar-refractivity contribution in [2.75, 3.05) is 6.54 Å². The smallest absolute Gasteiger partial charge is 0.0683 e. The number of nitrogens with zero attached hydrogens (tertiary/aromatic N) is 1. The Morgan fingerprint density at radius 3 is 2.30 bits per heavy atom. The Kier molecular flexibility index (Phi) is 6.23. The minimum atomic E-state index is -0.199. The van der Waals surface area contributed by atoms with Gasteiger partial charge in [-0.3, -0.25) is 0 Å². The summed E-state index contributed by atoms with van der Waals surface area (Å²) in [6, 6.07) is 13.0. The van der Waals surface area contributed by atoms with Crippen molar-refractivity contribution in [1.82, 2.24) is 5.32 Å². The Morgan fingerprint density at radius 2 is 1.70 bits per heavy atom. The highest BCUT2D eigenvalue weighted by Crippen LogP contribution is 2.20. The lowest BCUT2D eigenvalue weighted by Gasteiger charge is -2.27. The molecule has 1 aromatic rings. The van der Waals surface area contributed by atoms with E-state index >= 15 is 0 Å². The van der Waals surface area contributed by atoms with Crippen LogP contribution in [0.15, 0.2) is 30.3 Å². The summed E-state index contributed by atoms with van der Waals surface area (Å²) in [7, 11) is 0. The van der Waals surface area contributed by atoms with Gasteiger partial charge in [0.25, 0.3) is 0 Å². The van der Waals surface area contributed by atoms with Crippen molar-refractivity contribution in [2.45, 2.75) is 58.9 Å².